The van der Waals surface area contributed by atoms with E-state index in [4.69, 9.17) is 5.26 Å². The zero-order chi connectivity index (χ0) is 15.8. The van der Waals surface area contributed by atoms with Crippen LogP contribution in [0.3, 0.4) is 0 Å². The minimum absolute atomic E-state index is 0.182. The first-order valence-corrected chi connectivity index (χ1v) is 7.45. The monoisotopic (exact) mass is 297 g/mol. The Kier molecular flexibility index (Phi) is 5.73. The molecule has 5 heteroatoms. The topological polar surface area (TPSA) is 82.0 Å². The molecule has 5 nitrogen and oxygen atoms in total. The fourth-order valence-corrected chi connectivity index (χ4v) is 2.47. The number of benzene rings is 1. The van der Waals surface area contributed by atoms with Crippen molar-refractivity contribution in [1.29, 1.82) is 5.26 Å². The van der Waals surface area contributed by atoms with E-state index in [0.717, 1.165) is 25.7 Å². The third kappa shape index (κ3) is 4.74. The lowest BCUT2D eigenvalue weighted by molar-refractivity contribution is -0.115. The Balaban J connectivity index is 2.04. The number of amides is 2. The molecule has 0 heterocycles. The van der Waals surface area contributed by atoms with Crippen LogP contribution in [0, 0.1) is 11.3 Å². The van der Waals surface area contributed by atoms with Gasteiger partial charge in [0.25, 0.3) is 0 Å². The first-order chi connectivity index (χ1) is 10.7. The van der Waals surface area contributed by atoms with Crippen molar-refractivity contribution in [2.45, 2.75) is 38.5 Å². The maximum Gasteiger partial charge on any atom is 0.248 e. The van der Waals surface area contributed by atoms with Gasteiger partial charge in [0, 0.05) is 6.08 Å². The molecule has 0 unspecified atom stereocenters. The minimum atomic E-state index is -0.394. The normalized spacial score (nSPS) is 13.9. The van der Waals surface area contributed by atoms with Gasteiger partial charge in [-0.1, -0.05) is 24.1 Å². The van der Waals surface area contributed by atoms with Crippen molar-refractivity contribution in [2.75, 3.05) is 10.6 Å². The average molecular weight is 297 g/mol. The standard InChI is InChI=1S/C17H19N3O2/c18-11-10-16(21)19-14-8-4-5-9-15(14)20-17(22)12-13-6-2-1-3-7-13/h4-5,8-9,12H,1-3,6-7,10H2,(H,19,21)(H,20,22). The van der Waals surface area contributed by atoms with Crippen LogP contribution in [0.5, 0.6) is 0 Å². The Hall–Kier alpha value is -2.61. The van der Waals surface area contributed by atoms with Crippen molar-refractivity contribution in [1.82, 2.24) is 0 Å². The van der Waals surface area contributed by atoms with Gasteiger partial charge in [0.2, 0.25) is 11.8 Å². The van der Waals surface area contributed by atoms with E-state index in [-0.39, 0.29) is 12.3 Å². The molecule has 1 aromatic carbocycles. The molecule has 0 aromatic heterocycles. The summed E-state index contributed by atoms with van der Waals surface area (Å²) in [7, 11) is 0. The summed E-state index contributed by atoms with van der Waals surface area (Å²) >= 11 is 0. The second-order valence-electron chi connectivity index (χ2n) is 5.28. The number of allylic oxidation sites excluding steroid dienone is 1. The summed E-state index contributed by atoms with van der Waals surface area (Å²) in [5.74, 6) is -0.575. The van der Waals surface area contributed by atoms with Crippen LogP contribution in [-0.2, 0) is 9.59 Å². The van der Waals surface area contributed by atoms with E-state index in [0.29, 0.717) is 11.4 Å². The van der Waals surface area contributed by atoms with Gasteiger partial charge >= 0.3 is 0 Å². The molecule has 0 bridgehead atoms. The number of nitrogens with one attached hydrogen (secondary N) is 2. The van der Waals surface area contributed by atoms with Gasteiger partial charge in [-0.15, -0.1) is 0 Å². The first-order valence-electron chi connectivity index (χ1n) is 7.45. The summed E-state index contributed by atoms with van der Waals surface area (Å²) in [6.45, 7) is 0. The van der Waals surface area contributed by atoms with E-state index in [2.05, 4.69) is 10.6 Å². The van der Waals surface area contributed by atoms with Crippen LogP contribution in [-0.4, -0.2) is 11.8 Å². The van der Waals surface area contributed by atoms with Crippen molar-refractivity contribution in [2.24, 2.45) is 0 Å². The van der Waals surface area contributed by atoms with Crippen LogP contribution in [0.15, 0.2) is 35.9 Å². The Morgan fingerprint density at radius 2 is 1.73 bits per heavy atom. The molecule has 0 aliphatic heterocycles. The van der Waals surface area contributed by atoms with Crippen LogP contribution >= 0.6 is 0 Å². The van der Waals surface area contributed by atoms with E-state index in [1.807, 2.05) is 0 Å². The highest BCUT2D eigenvalue weighted by atomic mass is 16.2. The summed E-state index contributed by atoms with van der Waals surface area (Å²) in [6.07, 6.45) is 6.91. The molecule has 0 saturated heterocycles. The molecule has 0 radical (unpaired) electrons. The molecular weight excluding hydrogens is 278 g/mol. The number of nitriles is 1. The summed E-state index contributed by atoms with van der Waals surface area (Å²) in [4.78, 5) is 23.6. The number of para-hydroxylation sites is 2. The molecule has 2 N–H and O–H groups in total. The molecule has 1 aromatic rings. The first kappa shape index (κ1) is 15.8. The van der Waals surface area contributed by atoms with Gasteiger partial charge in [-0.25, -0.2) is 0 Å². The lowest BCUT2D eigenvalue weighted by Crippen LogP contribution is -2.15. The maximum absolute atomic E-state index is 12.1. The Labute approximate surface area is 130 Å². The summed E-state index contributed by atoms with van der Waals surface area (Å²) in [5, 5.41) is 13.9. The van der Waals surface area contributed by atoms with Crippen molar-refractivity contribution in [3.05, 3.63) is 35.9 Å². The van der Waals surface area contributed by atoms with Gasteiger partial charge in [-0.05, 0) is 37.8 Å². The highest BCUT2D eigenvalue weighted by Crippen LogP contribution is 2.24. The number of carbonyl (C=O) groups excluding carboxylic acids is 2. The highest BCUT2D eigenvalue weighted by molar-refractivity contribution is 6.04. The molecule has 22 heavy (non-hydrogen) atoms. The Bertz CT molecular complexity index is 621. The molecule has 0 spiro atoms. The van der Waals surface area contributed by atoms with Gasteiger partial charge in [0.05, 0.1) is 17.4 Å². The molecule has 114 valence electrons. The van der Waals surface area contributed by atoms with E-state index in [1.54, 1.807) is 36.4 Å². The molecule has 1 aliphatic carbocycles. The van der Waals surface area contributed by atoms with Crippen LogP contribution in [0.2, 0.25) is 0 Å². The summed E-state index contributed by atoms with van der Waals surface area (Å²) in [6, 6.07) is 8.75. The predicted octanol–water partition coefficient (Wildman–Crippen LogP) is 3.37. The van der Waals surface area contributed by atoms with Gasteiger partial charge in [-0.2, -0.15) is 5.26 Å². The van der Waals surface area contributed by atoms with Crippen LogP contribution in [0.1, 0.15) is 38.5 Å². The molecule has 2 rings (SSSR count). The second-order valence-corrected chi connectivity index (χ2v) is 5.28. The number of hydrogen-bond donors (Lipinski definition) is 2. The molecule has 1 fully saturated rings. The van der Waals surface area contributed by atoms with E-state index >= 15 is 0 Å². The summed E-state index contributed by atoms with van der Waals surface area (Å²) < 4.78 is 0. The highest BCUT2D eigenvalue weighted by Gasteiger charge is 2.10. The van der Waals surface area contributed by atoms with Gasteiger partial charge in [0.15, 0.2) is 0 Å². The average Bonchev–Trinajstić information content (AvgIpc) is 2.50. The SMILES string of the molecule is N#CCC(=O)Nc1ccccc1NC(=O)C=C1CCCCC1. The molecule has 1 aliphatic rings. The van der Waals surface area contributed by atoms with Crippen LogP contribution in [0.25, 0.3) is 0 Å². The van der Waals surface area contributed by atoms with Crippen molar-refractivity contribution >= 4 is 23.2 Å². The van der Waals surface area contributed by atoms with Gasteiger partial charge < -0.3 is 10.6 Å². The molecular formula is C17H19N3O2. The summed E-state index contributed by atoms with van der Waals surface area (Å²) in [5.41, 5.74) is 2.21. The number of carbonyl (C=O) groups is 2. The fraction of sp³-hybridized carbons (Fsp3) is 0.353. The number of nitrogens with zero attached hydrogens (tertiary/aromatic N) is 1. The maximum atomic E-state index is 12.1. The molecule has 2 amide bonds. The zero-order valence-corrected chi connectivity index (χ0v) is 12.4. The number of anilines is 2. The van der Waals surface area contributed by atoms with Gasteiger partial charge in [-0.3, -0.25) is 9.59 Å². The second kappa shape index (κ2) is 7.99. The quantitative estimate of drug-likeness (QED) is 0.836. The Morgan fingerprint density at radius 3 is 2.36 bits per heavy atom. The predicted molar refractivity (Wildman–Crippen MR) is 85.1 cm³/mol. The van der Waals surface area contributed by atoms with Crippen LogP contribution in [0.4, 0.5) is 11.4 Å². The molecule has 0 atom stereocenters. The lowest BCUT2D eigenvalue weighted by atomic mass is 9.94. The van der Waals surface area contributed by atoms with Gasteiger partial charge in [0.1, 0.15) is 6.42 Å². The minimum Gasteiger partial charge on any atom is -0.323 e. The van der Waals surface area contributed by atoms with Crippen molar-refractivity contribution in [3.8, 4) is 6.07 Å². The van der Waals surface area contributed by atoms with Crippen molar-refractivity contribution in [3.63, 3.8) is 0 Å². The number of rotatable bonds is 4. The third-order valence-electron chi connectivity index (χ3n) is 3.53. The number of hydrogen-bond acceptors (Lipinski definition) is 3. The fourth-order valence-electron chi connectivity index (χ4n) is 2.47. The largest absolute Gasteiger partial charge is 0.323 e. The lowest BCUT2D eigenvalue weighted by Gasteiger charge is -2.14. The molecule has 1 saturated carbocycles. The van der Waals surface area contributed by atoms with E-state index < -0.39 is 5.91 Å². The third-order valence-corrected chi connectivity index (χ3v) is 3.53. The van der Waals surface area contributed by atoms with Crippen molar-refractivity contribution < 1.29 is 9.59 Å². The smallest absolute Gasteiger partial charge is 0.248 e. The Morgan fingerprint density at radius 1 is 1.09 bits per heavy atom. The van der Waals surface area contributed by atoms with E-state index in [9.17, 15) is 9.59 Å². The van der Waals surface area contributed by atoms with Crippen LogP contribution < -0.4 is 10.6 Å². The van der Waals surface area contributed by atoms with E-state index in [1.165, 1.54) is 12.0 Å². The zero-order valence-electron chi connectivity index (χ0n) is 12.4.